The maximum absolute atomic E-state index is 5.95. The number of rotatable bonds is 10. The van der Waals surface area contributed by atoms with E-state index in [1.54, 1.807) is 0 Å². The zero-order valence-corrected chi connectivity index (χ0v) is 17.3. The molecular weight excluding hydrogens is 326 g/mol. The van der Waals surface area contributed by atoms with Gasteiger partial charge in [-0.25, -0.2) is 0 Å². The van der Waals surface area contributed by atoms with Gasteiger partial charge < -0.3 is 20.1 Å². The summed E-state index contributed by atoms with van der Waals surface area (Å²) in [5, 5.41) is 6.89. The summed E-state index contributed by atoms with van der Waals surface area (Å²) in [7, 11) is 0. The Kier molecular flexibility index (Phi) is 9.76. The van der Waals surface area contributed by atoms with Crippen LogP contribution in [0, 0.1) is 11.3 Å². The van der Waals surface area contributed by atoms with Gasteiger partial charge >= 0.3 is 0 Å². The maximum Gasteiger partial charge on any atom is 0.191 e. The van der Waals surface area contributed by atoms with Crippen LogP contribution in [0.1, 0.15) is 72.1 Å². The van der Waals surface area contributed by atoms with Crippen LogP contribution in [-0.2, 0) is 9.47 Å². The van der Waals surface area contributed by atoms with Gasteiger partial charge in [0.05, 0.1) is 6.10 Å². The first-order valence-electron chi connectivity index (χ1n) is 10.8. The smallest absolute Gasteiger partial charge is 0.191 e. The van der Waals surface area contributed by atoms with Gasteiger partial charge in [0.2, 0.25) is 0 Å². The van der Waals surface area contributed by atoms with E-state index < -0.39 is 0 Å². The van der Waals surface area contributed by atoms with Crippen molar-refractivity contribution in [3.05, 3.63) is 0 Å². The van der Waals surface area contributed by atoms with E-state index in [1.165, 1.54) is 32.1 Å². The average Bonchev–Trinajstić information content (AvgIpc) is 3.08. The summed E-state index contributed by atoms with van der Waals surface area (Å²) in [6.45, 7) is 12.1. The van der Waals surface area contributed by atoms with Crippen LogP contribution in [-0.4, -0.2) is 51.5 Å². The van der Waals surface area contributed by atoms with Gasteiger partial charge in [-0.15, -0.1) is 0 Å². The quantitative estimate of drug-likeness (QED) is 0.351. The molecule has 1 heterocycles. The highest BCUT2D eigenvalue weighted by Crippen LogP contribution is 2.43. The zero-order chi connectivity index (χ0) is 18.7. The van der Waals surface area contributed by atoms with E-state index in [1.807, 2.05) is 0 Å². The minimum atomic E-state index is 0.393. The monoisotopic (exact) mass is 367 g/mol. The second kappa shape index (κ2) is 11.8. The third-order valence-electron chi connectivity index (χ3n) is 5.56. The van der Waals surface area contributed by atoms with E-state index in [-0.39, 0.29) is 0 Å². The molecule has 2 aliphatic rings. The fourth-order valence-corrected chi connectivity index (χ4v) is 4.38. The number of ether oxygens (including phenoxy) is 2. The van der Waals surface area contributed by atoms with Crippen LogP contribution in [0.4, 0.5) is 0 Å². The van der Waals surface area contributed by atoms with Crippen molar-refractivity contribution in [2.75, 3.05) is 39.5 Å². The molecule has 1 aliphatic carbocycles. The Morgan fingerprint density at radius 1 is 1.19 bits per heavy atom. The van der Waals surface area contributed by atoms with E-state index in [0.717, 1.165) is 70.6 Å². The molecule has 5 heteroatoms. The van der Waals surface area contributed by atoms with E-state index >= 15 is 0 Å². The Hall–Kier alpha value is -0.810. The second-order valence-corrected chi connectivity index (χ2v) is 8.46. The molecule has 1 saturated heterocycles. The highest BCUT2D eigenvalue weighted by molar-refractivity contribution is 5.79. The topological polar surface area (TPSA) is 54.9 Å². The van der Waals surface area contributed by atoms with Crippen molar-refractivity contribution in [2.24, 2.45) is 16.3 Å². The zero-order valence-electron chi connectivity index (χ0n) is 17.3. The first kappa shape index (κ1) is 21.5. The third-order valence-corrected chi connectivity index (χ3v) is 5.56. The Morgan fingerprint density at radius 2 is 1.92 bits per heavy atom. The van der Waals surface area contributed by atoms with Crippen LogP contribution in [0.5, 0.6) is 0 Å². The van der Waals surface area contributed by atoms with Crippen LogP contribution < -0.4 is 10.6 Å². The predicted molar refractivity (Wildman–Crippen MR) is 109 cm³/mol. The lowest BCUT2D eigenvalue weighted by Crippen LogP contribution is -2.39. The van der Waals surface area contributed by atoms with Crippen molar-refractivity contribution in [1.82, 2.24) is 10.6 Å². The molecule has 0 atom stereocenters. The first-order chi connectivity index (χ1) is 12.6. The molecule has 0 spiro atoms. The van der Waals surface area contributed by atoms with Crippen LogP contribution in [0.2, 0.25) is 0 Å². The number of hydrogen-bond acceptors (Lipinski definition) is 3. The molecule has 0 aromatic carbocycles. The first-order valence-corrected chi connectivity index (χ1v) is 10.8. The molecule has 0 amide bonds. The van der Waals surface area contributed by atoms with Crippen molar-refractivity contribution in [2.45, 2.75) is 78.2 Å². The van der Waals surface area contributed by atoms with Crippen LogP contribution in [0.25, 0.3) is 0 Å². The van der Waals surface area contributed by atoms with Gasteiger partial charge in [-0.3, -0.25) is 4.99 Å². The Labute approximate surface area is 160 Å². The highest BCUT2D eigenvalue weighted by atomic mass is 16.5. The molecule has 152 valence electrons. The number of hydrogen-bond donors (Lipinski definition) is 2. The predicted octanol–water partition coefficient (Wildman–Crippen LogP) is 3.73. The standard InChI is InChI=1S/C21H41N3O2/c1-4-22-20(23-12-7-13-26-19-8-14-25-15-9-19)24-17-21(16-18(2)3)10-5-6-11-21/h18-19H,4-17H2,1-3H3,(H2,22,23,24). The lowest BCUT2D eigenvalue weighted by Gasteiger charge is -2.29. The molecular formula is C21H41N3O2. The lowest BCUT2D eigenvalue weighted by molar-refractivity contribution is -0.0320. The second-order valence-electron chi connectivity index (χ2n) is 8.46. The van der Waals surface area contributed by atoms with Gasteiger partial charge in [0.1, 0.15) is 0 Å². The highest BCUT2D eigenvalue weighted by Gasteiger charge is 2.34. The summed E-state index contributed by atoms with van der Waals surface area (Å²) in [6, 6.07) is 0. The average molecular weight is 368 g/mol. The van der Waals surface area contributed by atoms with Gasteiger partial charge in [0.15, 0.2) is 5.96 Å². The van der Waals surface area contributed by atoms with E-state index in [4.69, 9.17) is 14.5 Å². The Balaban J connectivity index is 1.71. The number of nitrogens with zero attached hydrogens (tertiary/aromatic N) is 1. The van der Waals surface area contributed by atoms with E-state index in [9.17, 15) is 0 Å². The molecule has 1 saturated carbocycles. The molecule has 0 aromatic heterocycles. The molecule has 0 radical (unpaired) electrons. The molecule has 1 aliphatic heterocycles. The largest absolute Gasteiger partial charge is 0.381 e. The van der Waals surface area contributed by atoms with Gasteiger partial charge in [0, 0.05) is 39.5 Å². The minimum Gasteiger partial charge on any atom is -0.381 e. The molecule has 2 fully saturated rings. The molecule has 5 nitrogen and oxygen atoms in total. The molecule has 0 aromatic rings. The van der Waals surface area contributed by atoms with Gasteiger partial charge in [-0.2, -0.15) is 0 Å². The molecule has 0 unspecified atom stereocenters. The fraction of sp³-hybridized carbons (Fsp3) is 0.952. The lowest BCUT2D eigenvalue weighted by atomic mass is 9.78. The Bertz CT molecular complexity index is 400. The summed E-state index contributed by atoms with van der Waals surface area (Å²) in [6.07, 6.45) is 10.2. The third kappa shape index (κ3) is 7.83. The van der Waals surface area contributed by atoms with E-state index in [0.29, 0.717) is 11.5 Å². The summed E-state index contributed by atoms with van der Waals surface area (Å²) < 4.78 is 11.3. The van der Waals surface area contributed by atoms with Crippen molar-refractivity contribution < 1.29 is 9.47 Å². The van der Waals surface area contributed by atoms with Crippen LogP contribution >= 0.6 is 0 Å². The van der Waals surface area contributed by atoms with Crippen LogP contribution in [0.3, 0.4) is 0 Å². The molecule has 26 heavy (non-hydrogen) atoms. The van der Waals surface area contributed by atoms with Gasteiger partial charge in [-0.05, 0) is 56.8 Å². The van der Waals surface area contributed by atoms with Gasteiger partial charge in [-0.1, -0.05) is 26.7 Å². The molecule has 2 rings (SSSR count). The SMILES string of the molecule is CCNC(=NCC1(CC(C)C)CCCC1)NCCCOC1CCOCC1. The van der Waals surface area contributed by atoms with Crippen molar-refractivity contribution >= 4 is 5.96 Å². The number of guanidine groups is 1. The maximum atomic E-state index is 5.95. The molecule has 0 bridgehead atoms. The van der Waals surface area contributed by atoms with Crippen molar-refractivity contribution in [3.8, 4) is 0 Å². The molecule has 2 N–H and O–H groups in total. The summed E-state index contributed by atoms with van der Waals surface area (Å²) >= 11 is 0. The van der Waals surface area contributed by atoms with Crippen LogP contribution in [0.15, 0.2) is 4.99 Å². The number of aliphatic imine (C=N–C) groups is 1. The van der Waals surface area contributed by atoms with Crippen molar-refractivity contribution in [1.29, 1.82) is 0 Å². The summed E-state index contributed by atoms with van der Waals surface area (Å²) in [5.74, 6) is 1.72. The normalized spacial score (nSPS) is 21.3. The number of nitrogens with one attached hydrogen (secondary N) is 2. The summed E-state index contributed by atoms with van der Waals surface area (Å²) in [5.41, 5.74) is 0.433. The Morgan fingerprint density at radius 3 is 2.58 bits per heavy atom. The van der Waals surface area contributed by atoms with Gasteiger partial charge in [0.25, 0.3) is 0 Å². The van der Waals surface area contributed by atoms with E-state index in [2.05, 4.69) is 31.4 Å². The van der Waals surface area contributed by atoms with Crippen molar-refractivity contribution in [3.63, 3.8) is 0 Å². The fourth-order valence-electron chi connectivity index (χ4n) is 4.38. The minimum absolute atomic E-state index is 0.393. The summed E-state index contributed by atoms with van der Waals surface area (Å²) in [4.78, 5) is 4.95.